The van der Waals surface area contributed by atoms with Crippen LogP contribution in [-0.2, 0) is 14.3 Å². The van der Waals surface area contributed by atoms with Crippen LogP contribution in [0.4, 0.5) is 4.79 Å². The number of fused-ring (bicyclic) bond motifs is 3. The molecule has 146 valence electrons. The Kier molecular flexibility index (Phi) is 4.59. The van der Waals surface area contributed by atoms with Crippen LogP contribution in [0, 0.1) is 0 Å². The maximum Gasteiger partial charge on any atom is 0.410 e. The monoisotopic (exact) mass is 381 g/mol. The fourth-order valence-electron chi connectivity index (χ4n) is 4.03. The summed E-state index contributed by atoms with van der Waals surface area (Å²) in [5, 5.41) is 9.44. The van der Waals surface area contributed by atoms with Crippen LogP contribution >= 0.6 is 0 Å². The number of rotatable bonds is 3. The van der Waals surface area contributed by atoms with Crippen molar-refractivity contribution >= 4 is 12.1 Å². The molecule has 4 rings (SSSR count). The Morgan fingerprint density at radius 2 is 1.68 bits per heavy atom. The van der Waals surface area contributed by atoms with E-state index in [1.54, 1.807) is 0 Å². The predicted octanol–water partition coefficient (Wildman–Crippen LogP) is 3.50. The molecule has 6 heteroatoms. The lowest BCUT2D eigenvalue weighted by Gasteiger charge is -2.41. The van der Waals surface area contributed by atoms with Gasteiger partial charge in [-0.3, -0.25) is 4.90 Å². The lowest BCUT2D eigenvalue weighted by molar-refractivity contribution is -0.159. The van der Waals surface area contributed by atoms with Crippen molar-refractivity contribution in [3.8, 4) is 11.1 Å². The summed E-state index contributed by atoms with van der Waals surface area (Å²) in [5.74, 6) is -1.15. The summed E-state index contributed by atoms with van der Waals surface area (Å²) >= 11 is 0. The van der Waals surface area contributed by atoms with Crippen molar-refractivity contribution in [1.29, 1.82) is 0 Å². The fourth-order valence-corrected chi connectivity index (χ4v) is 4.03. The minimum absolute atomic E-state index is 0.0491. The first-order valence-electron chi connectivity index (χ1n) is 9.36. The number of carbonyl (C=O) groups is 2. The van der Waals surface area contributed by atoms with Crippen molar-refractivity contribution < 1.29 is 24.2 Å². The van der Waals surface area contributed by atoms with Gasteiger partial charge in [-0.05, 0) is 36.1 Å². The summed E-state index contributed by atoms with van der Waals surface area (Å²) in [7, 11) is 0. The number of carbonyl (C=O) groups excluding carboxylic acids is 1. The second-order valence-corrected chi connectivity index (χ2v) is 7.86. The average molecular weight is 381 g/mol. The zero-order chi connectivity index (χ0) is 19.9. The van der Waals surface area contributed by atoms with Crippen LogP contribution < -0.4 is 0 Å². The Morgan fingerprint density at radius 3 is 2.25 bits per heavy atom. The van der Waals surface area contributed by atoms with E-state index in [1.165, 1.54) is 4.90 Å². The van der Waals surface area contributed by atoms with E-state index in [2.05, 4.69) is 12.1 Å². The number of carboxylic acid groups (broad SMARTS) is 1. The highest BCUT2D eigenvalue weighted by molar-refractivity contribution is 5.81. The van der Waals surface area contributed by atoms with Gasteiger partial charge in [0.15, 0.2) is 6.04 Å². The molecule has 1 fully saturated rings. The summed E-state index contributed by atoms with van der Waals surface area (Å²) in [6.45, 7) is 3.94. The molecule has 0 saturated carbocycles. The smallest absolute Gasteiger partial charge is 0.410 e. The molecule has 0 aromatic heterocycles. The third-order valence-electron chi connectivity index (χ3n) is 5.41. The van der Waals surface area contributed by atoms with E-state index in [1.807, 2.05) is 50.2 Å². The molecule has 0 bridgehead atoms. The summed E-state index contributed by atoms with van der Waals surface area (Å²) in [6.07, 6.45) is -0.620. The first kappa shape index (κ1) is 18.5. The van der Waals surface area contributed by atoms with Gasteiger partial charge in [-0.15, -0.1) is 0 Å². The molecule has 1 amide bonds. The molecule has 1 unspecified atom stereocenters. The molecule has 1 N–H and O–H groups in total. The normalized spacial score (nSPS) is 20.4. The van der Waals surface area contributed by atoms with E-state index in [0.717, 1.165) is 22.3 Å². The lowest BCUT2D eigenvalue weighted by atomic mass is 9.98. The second kappa shape index (κ2) is 6.95. The third-order valence-corrected chi connectivity index (χ3v) is 5.41. The molecule has 2 aliphatic rings. The minimum atomic E-state index is -1.09. The molecular formula is C22H23NO5. The van der Waals surface area contributed by atoms with Crippen LogP contribution in [-0.4, -0.2) is 53.5 Å². The minimum Gasteiger partial charge on any atom is -0.480 e. The molecule has 1 aliphatic heterocycles. The van der Waals surface area contributed by atoms with Gasteiger partial charge < -0.3 is 14.6 Å². The van der Waals surface area contributed by atoms with Gasteiger partial charge in [0.25, 0.3) is 0 Å². The Hall–Kier alpha value is -2.86. The Balaban J connectivity index is 1.54. The van der Waals surface area contributed by atoms with Crippen molar-refractivity contribution in [3.63, 3.8) is 0 Å². The molecule has 1 aliphatic carbocycles. The van der Waals surface area contributed by atoms with E-state index in [0.29, 0.717) is 0 Å². The van der Waals surface area contributed by atoms with Gasteiger partial charge in [0.2, 0.25) is 0 Å². The van der Waals surface area contributed by atoms with Crippen LogP contribution in [0.3, 0.4) is 0 Å². The average Bonchev–Trinajstić information content (AvgIpc) is 2.99. The summed E-state index contributed by atoms with van der Waals surface area (Å²) in [6, 6.07) is 15.1. The molecule has 28 heavy (non-hydrogen) atoms. The number of ether oxygens (including phenoxy) is 2. The number of hydrogen-bond donors (Lipinski definition) is 1. The van der Waals surface area contributed by atoms with Crippen molar-refractivity contribution in [2.45, 2.75) is 31.4 Å². The van der Waals surface area contributed by atoms with E-state index in [4.69, 9.17) is 9.47 Å². The summed E-state index contributed by atoms with van der Waals surface area (Å²) in [4.78, 5) is 25.6. The van der Waals surface area contributed by atoms with E-state index in [-0.39, 0.29) is 25.7 Å². The van der Waals surface area contributed by atoms with Gasteiger partial charge >= 0.3 is 12.1 Å². The number of amides is 1. The maximum absolute atomic E-state index is 12.8. The number of benzene rings is 2. The highest BCUT2D eigenvalue weighted by Crippen LogP contribution is 2.44. The number of morpholine rings is 1. The summed E-state index contributed by atoms with van der Waals surface area (Å²) in [5.41, 5.74) is 3.92. The topological polar surface area (TPSA) is 76.1 Å². The molecule has 6 nitrogen and oxygen atoms in total. The highest BCUT2D eigenvalue weighted by atomic mass is 16.6. The molecule has 2 aromatic rings. The second-order valence-electron chi connectivity index (χ2n) is 7.86. The van der Waals surface area contributed by atoms with Crippen LogP contribution in [0.5, 0.6) is 0 Å². The Labute approximate surface area is 163 Å². The Morgan fingerprint density at radius 1 is 1.11 bits per heavy atom. The molecule has 0 radical (unpaired) electrons. The molecule has 2 aromatic carbocycles. The van der Waals surface area contributed by atoms with Crippen LogP contribution in [0.1, 0.15) is 30.9 Å². The van der Waals surface area contributed by atoms with Crippen molar-refractivity contribution in [2.75, 3.05) is 19.8 Å². The quantitative estimate of drug-likeness (QED) is 0.881. The Bertz CT molecular complexity index is 877. The van der Waals surface area contributed by atoms with E-state index < -0.39 is 23.7 Å². The zero-order valence-corrected chi connectivity index (χ0v) is 15.9. The first-order valence-corrected chi connectivity index (χ1v) is 9.36. The van der Waals surface area contributed by atoms with Gasteiger partial charge in [-0.1, -0.05) is 48.5 Å². The molecule has 0 spiro atoms. The maximum atomic E-state index is 12.8. The van der Waals surface area contributed by atoms with E-state index >= 15 is 0 Å². The molecular weight excluding hydrogens is 358 g/mol. The third kappa shape index (κ3) is 3.24. The lowest BCUT2D eigenvalue weighted by Crippen LogP contribution is -2.59. The highest BCUT2D eigenvalue weighted by Gasteiger charge is 2.41. The van der Waals surface area contributed by atoms with Gasteiger partial charge in [0, 0.05) is 5.92 Å². The van der Waals surface area contributed by atoms with Crippen molar-refractivity contribution in [2.24, 2.45) is 0 Å². The number of aliphatic carboxylic acids is 1. The largest absolute Gasteiger partial charge is 0.480 e. The van der Waals surface area contributed by atoms with E-state index in [9.17, 15) is 14.7 Å². The van der Waals surface area contributed by atoms with Crippen LogP contribution in [0.15, 0.2) is 48.5 Å². The standard InChI is InChI=1S/C22H23NO5/c1-22(2)13-23(19(12-28-22)20(24)25)21(26)27-11-18-16-9-5-3-7-14(16)15-8-4-6-10-17(15)18/h3-10,18-19H,11-13H2,1-2H3,(H,24,25). The van der Waals surface area contributed by atoms with Crippen molar-refractivity contribution in [3.05, 3.63) is 59.7 Å². The molecule has 1 atom stereocenters. The predicted molar refractivity (Wildman–Crippen MR) is 103 cm³/mol. The van der Waals surface area contributed by atoms with Crippen molar-refractivity contribution in [1.82, 2.24) is 4.90 Å². The summed E-state index contributed by atoms with van der Waals surface area (Å²) < 4.78 is 11.2. The van der Waals surface area contributed by atoms with Crippen LogP contribution in [0.2, 0.25) is 0 Å². The number of carboxylic acids is 1. The van der Waals surface area contributed by atoms with Gasteiger partial charge in [-0.2, -0.15) is 0 Å². The van der Waals surface area contributed by atoms with Gasteiger partial charge in [0.05, 0.1) is 18.8 Å². The van der Waals surface area contributed by atoms with Crippen LogP contribution in [0.25, 0.3) is 11.1 Å². The molecule has 1 heterocycles. The first-order chi connectivity index (χ1) is 13.4. The molecule has 1 saturated heterocycles. The fraction of sp³-hybridized carbons (Fsp3) is 0.364. The SMILES string of the molecule is CC1(C)CN(C(=O)OCC2c3ccccc3-c3ccccc32)C(C(=O)O)CO1. The zero-order valence-electron chi connectivity index (χ0n) is 15.9. The van der Waals surface area contributed by atoms with Gasteiger partial charge in [0.1, 0.15) is 6.61 Å². The van der Waals surface area contributed by atoms with Gasteiger partial charge in [-0.25, -0.2) is 9.59 Å². The number of hydrogen-bond acceptors (Lipinski definition) is 4. The number of nitrogens with zero attached hydrogens (tertiary/aromatic N) is 1.